The van der Waals surface area contributed by atoms with Gasteiger partial charge in [-0.3, -0.25) is 0 Å². The van der Waals surface area contributed by atoms with Crippen molar-refractivity contribution in [1.29, 1.82) is 0 Å². The summed E-state index contributed by atoms with van der Waals surface area (Å²) >= 11 is 0. The van der Waals surface area contributed by atoms with Gasteiger partial charge in [0, 0.05) is 19.7 Å². The van der Waals surface area contributed by atoms with E-state index in [4.69, 9.17) is 9.84 Å². The van der Waals surface area contributed by atoms with Gasteiger partial charge in [-0.2, -0.15) is 0 Å². The van der Waals surface area contributed by atoms with E-state index >= 15 is 0 Å². The molecule has 18 heavy (non-hydrogen) atoms. The number of hydrogen-bond acceptors (Lipinski definition) is 4. The Morgan fingerprint density at radius 2 is 2.22 bits per heavy atom. The normalized spacial score (nSPS) is 19.9. The van der Waals surface area contributed by atoms with Crippen LogP contribution in [0.5, 0.6) is 0 Å². The molecule has 1 amide bonds. The van der Waals surface area contributed by atoms with Gasteiger partial charge < -0.3 is 20.1 Å². The van der Waals surface area contributed by atoms with Gasteiger partial charge in [0.25, 0.3) is 0 Å². The molecule has 1 aliphatic heterocycles. The first kappa shape index (κ1) is 15.2. The van der Waals surface area contributed by atoms with E-state index < -0.39 is 5.60 Å². The molecule has 2 N–H and O–H groups in total. The quantitative estimate of drug-likeness (QED) is 0.778. The average Bonchev–Trinajstić information content (AvgIpc) is 2.74. The van der Waals surface area contributed by atoms with E-state index in [9.17, 15) is 4.79 Å². The fraction of sp³-hybridized carbons (Fsp3) is 0.923. The highest BCUT2D eigenvalue weighted by Crippen LogP contribution is 2.14. The molecule has 0 radical (unpaired) electrons. The van der Waals surface area contributed by atoms with E-state index in [0.29, 0.717) is 25.4 Å². The lowest BCUT2D eigenvalue weighted by atomic mass is 10.1. The molecule has 0 aromatic rings. The van der Waals surface area contributed by atoms with Crippen molar-refractivity contribution in [3.05, 3.63) is 0 Å². The summed E-state index contributed by atoms with van der Waals surface area (Å²) in [6.45, 7) is 8.95. The fourth-order valence-electron chi connectivity index (χ4n) is 2.03. The number of carbonyl (C=O) groups is 1. The van der Waals surface area contributed by atoms with Crippen molar-refractivity contribution in [1.82, 2.24) is 10.2 Å². The lowest BCUT2D eigenvalue weighted by Crippen LogP contribution is -2.40. The fourth-order valence-corrected chi connectivity index (χ4v) is 2.03. The highest BCUT2D eigenvalue weighted by Gasteiger charge is 2.25. The molecule has 0 bridgehead atoms. The maximum Gasteiger partial charge on any atom is 0.410 e. The third-order valence-corrected chi connectivity index (χ3v) is 2.88. The number of aliphatic hydroxyl groups excluding tert-OH is 1. The summed E-state index contributed by atoms with van der Waals surface area (Å²) < 4.78 is 5.39. The van der Waals surface area contributed by atoms with Crippen LogP contribution in [0.2, 0.25) is 0 Å². The van der Waals surface area contributed by atoms with E-state index in [-0.39, 0.29) is 12.7 Å². The Hall–Kier alpha value is -0.810. The number of carbonyl (C=O) groups excluding carboxylic acids is 1. The molecule has 1 saturated heterocycles. The van der Waals surface area contributed by atoms with Crippen LogP contribution in [0.15, 0.2) is 0 Å². The summed E-state index contributed by atoms with van der Waals surface area (Å²) in [5, 5.41) is 12.2. The molecule has 1 heterocycles. The lowest BCUT2D eigenvalue weighted by Gasteiger charge is -2.29. The monoisotopic (exact) mass is 258 g/mol. The van der Waals surface area contributed by atoms with Gasteiger partial charge in [0.15, 0.2) is 0 Å². The van der Waals surface area contributed by atoms with Gasteiger partial charge in [0.05, 0.1) is 0 Å². The zero-order valence-corrected chi connectivity index (χ0v) is 11.7. The number of ether oxygens (including phenoxy) is 1. The van der Waals surface area contributed by atoms with Crippen LogP contribution in [0.4, 0.5) is 4.79 Å². The van der Waals surface area contributed by atoms with Crippen molar-refractivity contribution in [2.45, 2.75) is 39.2 Å². The smallest absolute Gasteiger partial charge is 0.410 e. The summed E-state index contributed by atoms with van der Waals surface area (Å²) in [6, 6.07) is 0. The van der Waals surface area contributed by atoms with Crippen LogP contribution in [0.1, 0.15) is 33.6 Å². The topological polar surface area (TPSA) is 61.8 Å². The molecule has 1 rings (SSSR count). The third-order valence-electron chi connectivity index (χ3n) is 2.88. The molecular weight excluding hydrogens is 232 g/mol. The second-order valence-electron chi connectivity index (χ2n) is 5.86. The Morgan fingerprint density at radius 3 is 2.72 bits per heavy atom. The van der Waals surface area contributed by atoms with Gasteiger partial charge >= 0.3 is 6.09 Å². The number of nitrogens with zero attached hydrogens (tertiary/aromatic N) is 1. The first-order valence-electron chi connectivity index (χ1n) is 6.72. The maximum atomic E-state index is 12.1. The van der Waals surface area contributed by atoms with Crippen molar-refractivity contribution in [2.75, 3.05) is 32.8 Å². The molecule has 0 aromatic carbocycles. The van der Waals surface area contributed by atoms with E-state index in [0.717, 1.165) is 19.5 Å². The Balaban J connectivity index is 2.50. The number of amides is 1. The Kier molecular flexibility index (Phi) is 5.88. The molecule has 0 spiro atoms. The van der Waals surface area contributed by atoms with Crippen LogP contribution in [-0.2, 0) is 4.74 Å². The SMILES string of the molecule is CC(C)(C)OC(=O)N(CCCO)CC1CCNC1. The molecule has 1 atom stereocenters. The highest BCUT2D eigenvalue weighted by molar-refractivity contribution is 5.68. The zero-order valence-electron chi connectivity index (χ0n) is 11.7. The van der Waals surface area contributed by atoms with Crippen LogP contribution in [0.25, 0.3) is 0 Å². The molecule has 1 fully saturated rings. The second-order valence-corrected chi connectivity index (χ2v) is 5.86. The summed E-state index contributed by atoms with van der Waals surface area (Å²) in [6.07, 6.45) is 1.42. The third kappa shape index (κ3) is 5.69. The van der Waals surface area contributed by atoms with E-state index in [1.807, 2.05) is 20.8 Å². The Bertz CT molecular complexity index is 257. The number of rotatable bonds is 5. The largest absolute Gasteiger partial charge is 0.444 e. The minimum atomic E-state index is -0.470. The predicted molar refractivity (Wildman–Crippen MR) is 70.5 cm³/mol. The van der Waals surface area contributed by atoms with Gasteiger partial charge in [0.1, 0.15) is 5.60 Å². The molecule has 0 aromatic heterocycles. The van der Waals surface area contributed by atoms with Gasteiger partial charge in [-0.1, -0.05) is 0 Å². The van der Waals surface area contributed by atoms with Crippen LogP contribution < -0.4 is 5.32 Å². The van der Waals surface area contributed by atoms with Gasteiger partial charge in [0.2, 0.25) is 0 Å². The molecule has 0 saturated carbocycles. The zero-order chi connectivity index (χ0) is 13.6. The summed E-state index contributed by atoms with van der Waals surface area (Å²) in [5.74, 6) is 0.496. The lowest BCUT2D eigenvalue weighted by molar-refractivity contribution is 0.0215. The van der Waals surface area contributed by atoms with Crippen molar-refractivity contribution in [3.63, 3.8) is 0 Å². The Labute approximate surface area is 109 Å². The minimum Gasteiger partial charge on any atom is -0.444 e. The van der Waals surface area contributed by atoms with E-state index in [1.54, 1.807) is 4.90 Å². The minimum absolute atomic E-state index is 0.0994. The van der Waals surface area contributed by atoms with E-state index in [1.165, 1.54) is 0 Å². The maximum absolute atomic E-state index is 12.1. The van der Waals surface area contributed by atoms with E-state index in [2.05, 4.69) is 5.32 Å². The first-order chi connectivity index (χ1) is 8.42. The Morgan fingerprint density at radius 1 is 1.50 bits per heavy atom. The summed E-state index contributed by atoms with van der Waals surface area (Å²) in [4.78, 5) is 13.8. The molecule has 1 unspecified atom stereocenters. The number of aliphatic hydroxyl groups is 1. The first-order valence-corrected chi connectivity index (χ1v) is 6.72. The highest BCUT2D eigenvalue weighted by atomic mass is 16.6. The van der Waals surface area contributed by atoms with Crippen molar-refractivity contribution in [2.24, 2.45) is 5.92 Å². The number of hydrogen-bond donors (Lipinski definition) is 2. The van der Waals surface area contributed by atoms with Crippen LogP contribution in [0.3, 0.4) is 0 Å². The summed E-state index contributed by atoms with van der Waals surface area (Å²) in [5.41, 5.74) is -0.470. The molecule has 1 aliphatic rings. The molecule has 5 nitrogen and oxygen atoms in total. The molecule has 106 valence electrons. The second kappa shape index (κ2) is 6.95. The number of nitrogens with one attached hydrogen (secondary N) is 1. The molecule has 5 heteroatoms. The van der Waals surface area contributed by atoms with Crippen molar-refractivity contribution >= 4 is 6.09 Å². The van der Waals surface area contributed by atoms with Crippen molar-refractivity contribution in [3.8, 4) is 0 Å². The van der Waals surface area contributed by atoms with Crippen LogP contribution in [-0.4, -0.2) is 54.5 Å². The molecule has 0 aliphatic carbocycles. The van der Waals surface area contributed by atoms with Gasteiger partial charge in [-0.15, -0.1) is 0 Å². The predicted octanol–water partition coefficient (Wildman–Crippen LogP) is 1.22. The van der Waals surface area contributed by atoms with Gasteiger partial charge in [-0.05, 0) is 52.6 Å². The van der Waals surface area contributed by atoms with Crippen molar-refractivity contribution < 1.29 is 14.6 Å². The van der Waals surface area contributed by atoms with Crippen LogP contribution in [0, 0.1) is 5.92 Å². The molecular formula is C13H26N2O3. The van der Waals surface area contributed by atoms with Crippen LogP contribution >= 0.6 is 0 Å². The summed E-state index contributed by atoms with van der Waals surface area (Å²) in [7, 11) is 0. The average molecular weight is 258 g/mol. The standard InChI is InChI=1S/C13H26N2O3/c1-13(2,3)18-12(17)15(7-4-8-16)10-11-5-6-14-9-11/h11,14,16H,4-10H2,1-3H3. The van der Waals surface area contributed by atoms with Gasteiger partial charge in [-0.25, -0.2) is 4.79 Å².